The maximum atomic E-state index is 12.0. The zero-order valence-electron chi connectivity index (χ0n) is 16.7. The summed E-state index contributed by atoms with van der Waals surface area (Å²) in [6.07, 6.45) is 2.46. The zero-order chi connectivity index (χ0) is 19.8. The van der Waals surface area contributed by atoms with E-state index < -0.39 is 0 Å². The van der Waals surface area contributed by atoms with Crippen LogP contribution in [0.15, 0.2) is 48.5 Å². The number of unbranched alkanes of at least 4 members (excludes halogenated alkanes) is 1. The smallest absolute Gasteiger partial charge is 0.224 e. The summed E-state index contributed by atoms with van der Waals surface area (Å²) in [4.78, 5) is 17.0. The SMILES string of the molecule is Cc1cccc(N2CCN(CCCCNC(=O)Cc3ccccc3Cl)CC2)c1. The molecule has 0 spiro atoms. The van der Waals surface area contributed by atoms with Crippen LogP contribution in [0.3, 0.4) is 0 Å². The molecule has 150 valence electrons. The summed E-state index contributed by atoms with van der Waals surface area (Å²) in [6, 6.07) is 16.3. The Bertz CT molecular complexity index is 772. The maximum Gasteiger partial charge on any atom is 0.224 e. The Morgan fingerprint density at radius 2 is 1.82 bits per heavy atom. The predicted octanol–water partition coefficient (Wildman–Crippen LogP) is 3.91. The van der Waals surface area contributed by atoms with E-state index in [4.69, 9.17) is 11.6 Å². The van der Waals surface area contributed by atoms with E-state index in [1.54, 1.807) is 0 Å². The van der Waals surface area contributed by atoms with Gasteiger partial charge in [0.15, 0.2) is 0 Å². The van der Waals surface area contributed by atoms with Crippen LogP contribution in [-0.4, -0.2) is 50.1 Å². The second-order valence-corrected chi connectivity index (χ2v) is 7.90. The molecule has 28 heavy (non-hydrogen) atoms. The summed E-state index contributed by atoms with van der Waals surface area (Å²) in [5, 5.41) is 3.66. The highest BCUT2D eigenvalue weighted by atomic mass is 35.5. The van der Waals surface area contributed by atoms with Gasteiger partial charge in [-0.2, -0.15) is 0 Å². The van der Waals surface area contributed by atoms with Crippen LogP contribution in [0, 0.1) is 6.92 Å². The number of hydrogen-bond acceptors (Lipinski definition) is 3. The molecule has 2 aromatic carbocycles. The molecule has 4 nitrogen and oxygen atoms in total. The molecule has 1 aliphatic rings. The molecule has 2 aromatic rings. The number of carbonyl (C=O) groups is 1. The lowest BCUT2D eigenvalue weighted by molar-refractivity contribution is -0.120. The molecular formula is C23H30ClN3O. The van der Waals surface area contributed by atoms with E-state index in [1.807, 2.05) is 24.3 Å². The standard InChI is InChI=1S/C23H30ClN3O/c1-19-7-6-9-21(17-19)27-15-13-26(14-16-27)12-5-4-11-25-23(28)18-20-8-2-3-10-22(20)24/h2-3,6-10,17H,4-5,11-16,18H2,1H3,(H,25,28). The Kier molecular flexibility index (Phi) is 7.75. The highest BCUT2D eigenvalue weighted by molar-refractivity contribution is 6.31. The fourth-order valence-corrected chi connectivity index (χ4v) is 3.82. The first-order chi connectivity index (χ1) is 13.6. The van der Waals surface area contributed by atoms with E-state index in [0.717, 1.165) is 57.7 Å². The Balaban J connectivity index is 1.28. The van der Waals surface area contributed by atoms with Gasteiger partial charge in [-0.25, -0.2) is 0 Å². The van der Waals surface area contributed by atoms with Crippen molar-refractivity contribution in [3.8, 4) is 0 Å². The summed E-state index contributed by atoms with van der Waals surface area (Å²) in [5.41, 5.74) is 3.53. The molecule has 3 rings (SSSR count). The zero-order valence-corrected chi connectivity index (χ0v) is 17.4. The van der Waals surface area contributed by atoms with Gasteiger partial charge in [-0.15, -0.1) is 0 Å². The van der Waals surface area contributed by atoms with Crippen LogP contribution in [0.1, 0.15) is 24.0 Å². The minimum atomic E-state index is 0.0415. The van der Waals surface area contributed by atoms with Crippen LogP contribution in [0.4, 0.5) is 5.69 Å². The van der Waals surface area contributed by atoms with Gasteiger partial charge < -0.3 is 10.2 Å². The van der Waals surface area contributed by atoms with Gasteiger partial charge in [0, 0.05) is 43.4 Å². The van der Waals surface area contributed by atoms with Crippen molar-refractivity contribution >= 4 is 23.2 Å². The second kappa shape index (κ2) is 10.5. The molecule has 1 N–H and O–H groups in total. The van der Waals surface area contributed by atoms with E-state index in [0.29, 0.717) is 11.4 Å². The van der Waals surface area contributed by atoms with E-state index in [2.05, 4.69) is 46.3 Å². The number of rotatable bonds is 8. The van der Waals surface area contributed by atoms with E-state index in [9.17, 15) is 4.79 Å². The summed E-state index contributed by atoms with van der Waals surface area (Å²) >= 11 is 6.11. The minimum Gasteiger partial charge on any atom is -0.369 e. The Labute approximate surface area is 173 Å². The van der Waals surface area contributed by atoms with Crippen molar-refractivity contribution < 1.29 is 4.79 Å². The summed E-state index contributed by atoms with van der Waals surface area (Å²) in [6.45, 7) is 8.34. The number of nitrogens with zero attached hydrogens (tertiary/aromatic N) is 2. The topological polar surface area (TPSA) is 35.6 Å². The third-order valence-electron chi connectivity index (χ3n) is 5.27. The second-order valence-electron chi connectivity index (χ2n) is 7.49. The van der Waals surface area contributed by atoms with Gasteiger partial charge >= 0.3 is 0 Å². The van der Waals surface area contributed by atoms with Gasteiger partial charge in [0.2, 0.25) is 5.91 Å². The van der Waals surface area contributed by atoms with Crippen LogP contribution in [0.5, 0.6) is 0 Å². The molecule has 0 aromatic heterocycles. The van der Waals surface area contributed by atoms with Gasteiger partial charge in [0.05, 0.1) is 6.42 Å². The van der Waals surface area contributed by atoms with Crippen molar-refractivity contribution in [1.29, 1.82) is 0 Å². The molecule has 5 heteroatoms. The average Bonchev–Trinajstić information content (AvgIpc) is 2.70. The Hall–Kier alpha value is -2.04. The first kappa shape index (κ1) is 20.7. The summed E-state index contributed by atoms with van der Waals surface area (Å²) in [5.74, 6) is 0.0415. The van der Waals surface area contributed by atoms with Gasteiger partial charge in [0.1, 0.15) is 0 Å². The number of carbonyl (C=O) groups excluding carboxylic acids is 1. The lowest BCUT2D eigenvalue weighted by Gasteiger charge is -2.36. The molecule has 1 saturated heterocycles. The average molecular weight is 400 g/mol. The van der Waals surface area contributed by atoms with Crippen LogP contribution in [-0.2, 0) is 11.2 Å². The fourth-order valence-electron chi connectivity index (χ4n) is 3.62. The van der Waals surface area contributed by atoms with Crippen LogP contribution < -0.4 is 10.2 Å². The Morgan fingerprint density at radius 3 is 2.57 bits per heavy atom. The number of amides is 1. The molecule has 0 unspecified atom stereocenters. The largest absolute Gasteiger partial charge is 0.369 e. The normalized spacial score (nSPS) is 14.9. The first-order valence-corrected chi connectivity index (χ1v) is 10.5. The molecule has 0 saturated carbocycles. The van der Waals surface area contributed by atoms with Crippen molar-refractivity contribution in [2.24, 2.45) is 0 Å². The quantitative estimate of drug-likeness (QED) is 0.683. The molecule has 1 aliphatic heterocycles. The van der Waals surface area contributed by atoms with E-state index in [-0.39, 0.29) is 5.91 Å². The minimum absolute atomic E-state index is 0.0415. The highest BCUT2D eigenvalue weighted by Crippen LogP contribution is 2.18. The van der Waals surface area contributed by atoms with E-state index >= 15 is 0 Å². The molecule has 0 aliphatic carbocycles. The number of hydrogen-bond donors (Lipinski definition) is 1. The van der Waals surface area contributed by atoms with Crippen molar-refractivity contribution in [3.63, 3.8) is 0 Å². The number of nitrogens with one attached hydrogen (secondary N) is 1. The fraction of sp³-hybridized carbons (Fsp3) is 0.435. The van der Waals surface area contributed by atoms with Crippen molar-refractivity contribution in [2.45, 2.75) is 26.2 Å². The molecule has 0 bridgehead atoms. The third-order valence-corrected chi connectivity index (χ3v) is 5.64. The van der Waals surface area contributed by atoms with Crippen LogP contribution in [0.2, 0.25) is 5.02 Å². The molecule has 1 amide bonds. The van der Waals surface area contributed by atoms with Gasteiger partial charge in [-0.3, -0.25) is 9.69 Å². The third kappa shape index (κ3) is 6.25. The Morgan fingerprint density at radius 1 is 1.04 bits per heavy atom. The monoisotopic (exact) mass is 399 g/mol. The summed E-state index contributed by atoms with van der Waals surface area (Å²) in [7, 11) is 0. The molecule has 0 radical (unpaired) electrons. The lowest BCUT2D eigenvalue weighted by Crippen LogP contribution is -2.46. The van der Waals surface area contributed by atoms with Crippen molar-refractivity contribution in [1.82, 2.24) is 10.2 Å². The number of halogens is 1. The van der Waals surface area contributed by atoms with Crippen LogP contribution >= 0.6 is 11.6 Å². The number of piperazine rings is 1. The molecule has 1 fully saturated rings. The number of benzene rings is 2. The van der Waals surface area contributed by atoms with Crippen molar-refractivity contribution in [3.05, 3.63) is 64.7 Å². The summed E-state index contributed by atoms with van der Waals surface area (Å²) < 4.78 is 0. The number of aryl methyl sites for hydroxylation is 1. The molecule has 0 atom stereocenters. The van der Waals surface area contributed by atoms with Crippen molar-refractivity contribution in [2.75, 3.05) is 44.2 Å². The first-order valence-electron chi connectivity index (χ1n) is 10.2. The van der Waals surface area contributed by atoms with Gasteiger partial charge in [-0.1, -0.05) is 41.9 Å². The predicted molar refractivity (Wildman–Crippen MR) is 117 cm³/mol. The van der Waals surface area contributed by atoms with Gasteiger partial charge in [-0.05, 0) is 55.6 Å². The maximum absolute atomic E-state index is 12.0. The lowest BCUT2D eigenvalue weighted by atomic mass is 10.1. The highest BCUT2D eigenvalue weighted by Gasteiger charge is 2.16. The van der Waals surface area contributed by atoms with Crippen LogP contribution in [0.25, 0.3) is 0 Å². The van der Waals surface area contributed by atoms with Gasteiger partial charge in [0.25, 0.3) is 0 Å². The van der Waals surface area contributed by atoms with E-state index in [1.165, 1.54) is 11.3 Å². The molecule has 1 heterocycles. The number of anilines is 1. The molecular weight excluding hydrogens is 370 g/mol.